The van der Waals surface area contributed by atoms with Crippen LogP contribution < -0.4 is 15.8 Å². The summed E-state index contributed by atoms with van der Waals surface area (Å²) in [4.78, 5) is 8.55. The number of fused-ring (bicyclic) bond motifs is 1. The van der Waals surface area contributed by atoms with Crippen LogP contribution in [0.5, 0.6) is 5.75 Å². The van der Waals surface area contributed by atoms with Gasteiger partial charge in [-0.3, -0.25) is 4.99 Å². The molecule has 1 heterocycles. The molecule has 0 bridgehead atoms. The maximum atomic E-state index is 12.1. The molecule has 0 fully saturated rings. The number of hydrogen-bond donors (Lipinski definition) is 2. The predicted molar refractivity (Wildman–Crippen MR) is 113 cm³/mol. The van der Waals surface area contributed by atoms with Crippen molar-refractivity contribution in [2.45, 2.75) is 19.3 Å². The molecule has 0 aliphatic heterocycles. The maximum Gasteiger partial charge on any atom is 0.573 e. The second-order valence-electron chi connectivity index (χ2n) is 5.74. The van der Waals surface area contributed by atoms with Crippen LogP contribution in [0.25, 0.3) is 11.0 Å². The van der Waals surface area contributed by atoms with Crippen molar-refractivity contribution in [3.05, 3.63) is 54.9 Å². The van der Waals surface area contributed by atoms with E-state index in [-0.39, 0.29) is 35.7 Å². The first kappa shape index (κ1) is 21.8. The summed E-state index contributed by atoms with van der Waals surface area (Å²) < 4.78 is 42.3. The number of aliphatic imine (C=N–C) groups is 1. The zero-order valence-electron chi connectivity index (χ0n) is 14.7. The van der Waals surface area contributed by atoms with Crippen molar-refractivity contribution in [2.24, 2.45) is 10.7 Å². The minimum atomic E-state index is -4.71. The van der Waals surface area contributed by atoms with Crippen molar-refractivity contribution in [3.8, 4) is 5.75 Å². The van der Waals surface area contributed by atoms with E-state index in [2.05, 4.69) is 20.0 Å². The number of halogens is 4. The molecule has 0 aliphatic rings. The smallest absolute Gasteiger partial charge is 0.406 e. The van der Waals surface area contributed by atoms with E-state index in [1.165, 1.54) is 24.3 Å². The largest absolute Gasteiger partial charge is 0.573 e. The Kier molecular flexibility index (Phi) is 7.49. The van der Waals surface area contributed by atoms with Crippen molar-refractivity contribution in [3.63, 3.8) is 0 Å². The number of imidazole rings is 1. The van der Waals surface area contributed by atoms with Crippen molar-refractivity contribution in [1.82, 2.24) is 9.55 Å². The van der Waals surface area contributed by atoms with E-state index < -0.39 is 6.36 Å². The van der Waals surface area contributed by atoms with Gasteiger partial charge in [-0.15, -0.1) is 37.1 Å². The molecule has 0 aliphatic carbocycles. The molecule has 0 amide bonds. The third kappa shape index (κ3) is 6.29. The average Bonchev–Trinajstić information content (AvgIpc) is 3.02. The summed E-state index contributed by atoms with van der Waals surface area (Å²) in [5.74, 6) is -0.105. The number of para-hydroxylation sites is 2. The number of alkyl halides is 3. The number of nitrogens with one attached hydrogen (secondary N) is 1. The molecular weight excluding hydrogens is 486 g/mol. The summed E-state index contributed by atoms with van der Waals surface area (Å²) in [6.45, 7) is 1.25. The molecule has 3 N–H and O–H groups in total. The number of nitrogens with zero attached hydrogens (tertiary/aromatic N) is 3. The molecular formula is C18H19F3IN5O. The van der Waals surface area contributed by atoms with E-state index >= 15 is 0 Å². The van der Waals surface area contributed by atoms with Gasteiger partial charge in [-0.1, -0.05) is 12.1 Å². The van der Waals surface area contributed by atoms with E-state index in [0.29, 0.717) is 12.2 Å². The summed E-state index contributed by atoms with van der Waals surface area (Å²) >= 11 is 0. The first-order valence-electron chi connectivity index (χ1n) is 8.23. The lowest BCUT2D eigenvalue weighted by molar-refractivity contribution is -0.274. The van der Waals surface area contributed by atoms with Gasteiger partial charge in [0.1, 0.15) is 5.75 Å². The summed E-state index contributed by atoms with van der Waals surface area (Å²) in [5.41, 5.74) is 8.33. The van der Waals surface area contributed by atoms with Crippen molar-refractivity contribution in [2.75, 3.05) is 11.9 Å². The highest BCUT2D eigenvalue weighted by atomic mass is 127. The fraction of sp³-hybridized carbons (Fsp3) is 0.222. The number of guanidine groups is 1. The predicted octanol–water partition coefficient (Wildman–Crippen LogP) is 4.37. The van der Waals surface area contributed by atoms with Gasteiger partial charge < -0.3 is 20.4 Å². The lowest BCUT2D eigenvalue weighted by Gasteiger charge is -2.10. The normalized spacial score (nSPS) is 11.9. The third-order valence-electron chi connectivity index (χ3n) is 3.73. The van der Waals surface area contributed by atoms with Gasteiger partial charge in [0, 0.05) is 18.8 Å². The molecule has 0 saturated heterocycles. The third-order valence-corrected chi connectivity index (χ3v) is 3.73. The molecule has 0 unspecified atom stereocenters. The van der Waals surface area contributed by atoms with Crippen LogP contribution in [-0.4, -0.2) is 28.4 Å². The molecule has 1 aromatic heterocycles. The standard InChI is InChI=1S/C18H18F3N5O.HI/c19-18(20,21)27-14-8-6-13(7-9-14)25-17(22)23-10-3-11-26-12-24-15-4-1-2-5-16(15)26;/h1-2,4-9,12H,3,10-11H2,(H3,22,23,25);1H. The highest BCUT2D eigenvalue weighted by Crippen LogP contribution is 2.23. The Balaban J connectivity index is 0.00000280. The number of ether oxygens (including phenoxy) is 1. The molecule has 0 atom stereocenters. The Morgan fingerprint density at radius 1 is 1.14 bits per heavy atom. The molecule has 3 rings (SSSR count). The molecule has 150 valence electrons. The SMILES string of the molecule is I.NC(=NCCCn1cnc2ccccc21)Nc1ccc(OC(F)(F)F)cc1. The van der Waals surface area contributed by atoms with Crippen LogP contribution in [0.4, 0.5) is 18.9 Å². The first-order valence-corrected chi connectivity index (χ1v) is 8.23. The zero-order chi connectivity index (χ0) is 19.3. The van der Waals surface area contributed by atoms with Crippen LogP contribution in [0, 0.1) is 0 Å². The van der Waals surface area contributed by atoms with E-state index in [0.717, 1.165) is 24.0 Å². The second kappa shape index (κ2) is 9.62. The Morgan fingerprint density at radius 3 is 2.57 bits per heavy atom. The number of anilines is 1. The van der Waals surface area contributed by atoms with Gasteiger partial charge in [-0.05, 0) is 42.8 Å². The van der Waals surface area contributed by atoms with Gasteiger partial charge in [-0.25, -0.2) is 4.98 Å². The van der Waals surface area contributed by atoms with Crippen LogP contribution in [0.3, 0.4) is 0 Å². The molecule has 0 saturated carbocycles. The Bertz CT molecular complexity index is 925. The molecule has 28 heavy (non-hydrogen) atoms. The monoisotopic (exact) mass is 505 g/mol. The van der Waals surface area contributed by atoms with Gasteiger partial charge in [0.25, 0.3) is 0 Å². The fourth-order valence-corrected chi connectivity index (χ4v) is 2.56. The van der Waals surface area contributed by atoms with Gasteiger partial charge in [0.05, 0.1) is 17.4 Å². The molecule has 3 aromatic rings. The molecule has 2 aromatic carbocycles. The van der Waals surface area contributed by atoms with E-state index in [4.69, 9.17) is 5.73 Å². The summed E-state index contributed by atoms with van der Waals surface area (Å²) in [6, 6.07) is 13.1. The number of aryl methyl sites for hydroxylation is 1. The topological polar surface area (TPSA) is 77.5 Å². The zero-order valence-corrected chi connectivity index (χ0v) is 17.0. The van der Waals surface area contributed by atoms with E-state index in [1.54, 1.807) is 6.33 Å². The lowest BCUT2D eigenvalue weighted by Crippen LogP contribution is -2.23. The number of benzene rings is 2. The fourth-order valence-electron chi connectivity index (χ4n) is 2.56. The van der Waals surface area contributed by atoms with E-state index in [1.807, 2.05) is 28.8 Å². The molecule has 6 nitrogen and oxygen atoms in total. The minimum absolute atomic E-state index is 0. The van der Waals surface area contributed by atoms with Crippen LogP contribution in [-0.2, 0) is 6.54 Å². The highest BCUT2D eigenvalue weighted by molar-refractivity contribution is 14.0. The quantitative estimate of drug-likeness (QED) is 0.226. The van der Waals surface area contributed by atoms with Crippen LogP contribution in [0.1, 0.15) is 6.42 Å². The van der Waals surface area contributed by atoms with Crippen LogP contribution in [0.2, 0.25) is 0 Å². The first-order chi connectivity index (χ1) is 12.9. The average molecular weight is 505 g/mol. The van der Waals surface area contributed by atoms with Crippen molar-refractivity contribution < 1.29 is 17.9 Å². The summed E-state index contributed by atoms with van der Waals surface area (Å²) in [5, 5.41) is 2.83. The summed E-state index contributed by atoms with van der Waals surface area (Å²) in [6.07, 6.45) is -2.16. The van der Waals surface area contributed by atoms with Crippen molar-refractivity contribution >= 4 is 46.7 Å². The Labute approximate surface area is 176 Å². The lowest BCUT2D eigenvalue weighted by atomic mass is 10.3. The molecule has 0 radical (unpaired) electrons. The number of aromatic nitrogens is 2. The molecule has 0 spiro atoms. The van der Waals surface area contributed by atoms with Crippen molar-refractivity contribution in [1.29, 1.82) is 0 Å². The summed E-state index contributed by atoms with van der Waals surface area (Å²) in [7, 11) is 0. The second-order valence-corrected chi connectivity index (χ2v) is 5.74. The number of rotatable bonds is 6. The van der Waals surface area contributed by atoms with Crippen LogP contribution in [0.15, 0.2) is 59.9 Å². The van der Waals surface area contributed by atoms with E-state index in [9.17, 15) is 13.2 Å². The minimum Gasteiger partial charge on any atom is -0.406 e. The highest BCUT2D eigenvalue weighted by Gasteiger charge is 2.30. The number of nitrogens with two attached hydrogens (primary N) is 1. The number of hydrogen-bond acceptors (Lipinski definition) is 3. The maximum absolute atomic E-state index is 12.1. The molecule has 10 heteroatoms. The van der Waals surface area contributed by atoms with Gasteiger partial charge in [0.2, 0.25) is 0 Å². The van der Waals surface area contributed by atoms with Gasteiger partial charge >= 0.3 is 6.36 Å². The van der Waals surface area contributed by atoms with Crippen LogP contribution >= 0.6 is 24.0 Å². The Hall–Kier alpha value is -2.50. The van der Waals surface area contributed by atoms with Gasteiger partial charge in [0.15, 0.2) is 5.96 Å². The van der Waals surface area contributed by atoms with Gasteiger partial charge in [-0.2, -0.15) is 0 Å². The Morgan fingerprint density at radius 2 is 1.86 bits per heavy atom.